The van der Waals surface area contributed by atoms with Gasteiger partial charge in [0.25, 0.3) is 0 Å². The summed E-state index contributed by atoms with van der Waals surface area (Å²) in [4.78, 5) is 11.8. The molecular formula is C16H20F3NO6S. The van der Waals surface area contributed by atoms with Crippen LogP contribution in [-0.2, 0) is 24.3 Å². The summed E-state index contributed by atoms with van der Waals surface area (Å²) in [6, 6.07) is 2.57. The predicted octanol–water partition coefficient (Wildman–Crippen LogP) is 2.22. The van der Waals surface area contributed by atoms with E-state index in [-0.39, 0.29) is 23.8 Å². The van der Waals surface area contributed by atoms with Gasteiger partial charge in [0.05, 0.1) is 11.5 Å². The molecule has 2 atom stereocenters. The van der Waals surface area contributed by atoms with Gasteiger partial charge in [0.2, 0.25) is 10.0 Å². The van der Waals surface area contributed by atoms with Crippen LogP contribution < -0.4 is 9.46 Å². The molecule has 0 aliphatic carbocycles. The van der Waals surface area contributed by atoms with E-state index in [1.165, 1.54) is 0 Å². The van der Waals surface area contributed by atoms with E-state index in [0.717, 1.165) is 24.3 Å². The number of hydrogen-bond donors (Lipinski definition) is 1. The van der Waals surface area contributed by atoms with Crippen LogP contribution in [0.5, 0.6) is 5.75 Å². The number of carbonyl (C=O) groups excluding carboxylic acids is 1. The minimum atomic E-state index is -4.88. The van der Waals surface area contributed by atoms with Crippen molar-refractivity contribution in [2.24, 2.45) is 5.92 Å². The molecule has 1 heterocycles. The highest BCUT2D eigenvalue weighted by atomic mass is 32.2. The van der Waals surface area contributed by atoms with E-state index in [1.807, 2.05) is 0 Å². The first kappa shape index (κ1) is 21.5. The second-order valence-corrected chi connectivity index (χ2v) is 7.62. The maximum Gasteiger partial charge on any atom is 0.573 e. The Morgan fingerprint density at radius 2 is 2.00 bits per heavy atom. The number of carbonyl (C=O) groups is 1. The molecule has 1 aliphatic rings. The summed E-state index contributed by atoms with van der Waals surface area (Å²) in [5.74, 6) is -1.26. The second-order valence-electron chi connectivity index (χ2n) is 5.91. The van der Waals surface area contributed by atoms with Gasteiger partial charge in [0, 0.05) is 13.2 Å². The largest absolute Gasteiger partial charge is 0.573 e. The van der Waals surface area contributed by atoms with Gasteiger partial charge in [0.1, 0.15) is 11.8 Å². The first-order valence-corrected chi connectivity index (χ1v) is 9.71. The summed E-state index contributed by atoms with van der Waals surface area (Å²) in [5.41, 5.74) is 0. The van der Waals surface area contributed by atoms with E-state index in [9.17, 15) is 26.4 Å². The number of halogens is 3. The molecule has 1 saturated heterocycles. The fourth-order valence-electron chi connectivity index (χ4n) is 2.61. The van der Waals surface area contributed by atoms with E-state index in [2.05, 4.69) is 9.46 Å². The Hall–Kier alpha value is -1.85. The maximum atomic E-state index is 12.5. The van der Waals surface area contributed by atoms with Crippen LogP contribution in [0.25, 0.3) is 0 Å². The quantitative estimate of drug-likeness (QED) is 0.660. The molecule has 27 heavy (non-hydrogen) atoms. The lowest BCUT2D eigenvalue weighted by Crippen LogP contribution is -2.43. The van der Waals surface area contributed by atoms with Gasteiger partial charge in [-0.2, -0.15) is 4.72 Å². The highest BCUT2D eigenvalue weighted by Gasteiger charge is 2.32. The van der Waals surface area contributed by atoms with Crippen molar-refractivity contribution in [3.63, 3.8) is 0 Å². The van der Waals surface area contributed by atoms with Gasteiger partial charge in [-0.25, -0.2) is 8.42 Å². The Morgan fingerprint density at radius 1 is 1.33 bits per heavy atom. The molecule has 7 nitrogen and oxygen atoms in total. The smallest absolute Gasteiger partial charge is 0.465 e. The SMILES string of the molecule is CCOC(=O)[C@@H](C[C@H]1CCOC1)NS(=O)(=O)c1ccc(OC(F)(F)F)cc1. The van der Waals surface area contributed by atoms with Crippen LogP contribution in [0.2, 0.25) is 0 Å². The number of hydrogen-bond acceptors (Lipinski definition) is 6. The van der Waals surface area contributed by atoms with E-state index >= 15 is 0 Å². The molecule has 0 amide bonds. The van der Waals surface area contributed by atoms with Crippen molar-refractivity contribution >= 4 is 16.0 Å². The monoisotopic (exact) mass is 411 g/mol. The highest BCUT2D eigenvalue weighted by molar-refractivity contribution is 7.89. The third kappa shape index (κ3) is 6.67. The van der Waals surface area contributed by atoms with Gasteiger partial charge in [-0.3, -0.25) is 4.79 Å². The van der Waals surface area contributed by atoms with Crippen molar-refractivity contribution in [3.8, 4) is 5.75 Å². The van der Waals surface area contributed by atoms with Gasteiger partial charge < -0.3 is 14.2 Å². The lowest BCUT2D eigenvalue weighted by molar-refractivity contribution is -0.274. The van der Waals surface area contributed by atoms with E-state index in [4.69, 9.17) is 9.47 Å². The van der Waals surface area contributed by atoms with Crippen LogP contribution in [0.3, 0.4) is 0 Å². The van der Waals surface area contributed by atoms with Gasteiger partial charge in [-0.15, -0.1) is 13.2 Å². The van der Waals surface area contributed by atoms with Crippen LogP contribution in [0.15, 0.2) is 29.2 Å². The van der Waals surface area contributed by atoms with Crippen LogP contribution in [-0.4, -0.2) is 46.6 Å². The summed E-state index contributed by atoms with van der Waals surface area (Å²) in [6.45, 7) is 2.64. The minimum Gasteiger partial charge on any atom is -0.465 e. The van der Waals surface area contributed by atoms with Crippen molar-refractivity contribution in [3.05, 3.63) is 24.3 Å². The van der Waals surface area contributed by atoms with Crippen LogP contribution in [0, 0.1) is 5.92 Å². The Morgan fingerprint density at radius 3 is 2.52 bits per heavy atom. The Balaban J connectivity index is 2.12. The van der Waals surface area contributed by atoms with Crippen molar-refractivity contribution in [2.45, 2.75) is 37.1 Å². The van der Waals surface area contributed by atoms with Crippen molar-refractivity contribution < 1.29 is 40.6 Å². The Labute approximate surface area is 154 Å². The molecule has 0 unspecified atom stereocenters. The number of nitrogens with one attached hydrogen (secondary N) is 1. The average molecular weight is 411 g/mol. The summed E-state index contributed by atoms with van der Waals surface area (Å²) in [6.07, 6.45) is -3.98. The third-order valence-electron chi connectivity index (χ3n) is 3.83. The number of rotatable bonds is 8. The topological polar surface area (TPSA) is 90.9 Å². The summed E-state index contributed by atoms with van der Waals surface area (Å²) >= 11 is 0. The van der Waals surface area contributed by atoms with Gasteiger partial charge >= 0.3 is 12.3 Å². The van der Waals surface area contributed by atoms with Crippen LogP contribution >= 0.6 is 0 Å². The normalized spacial score (nSPS) is 18.9. The summed E-state index contributed by atoms with van der Waals surface area (Å²) in [7, 11) is -4.15. The van der Waals surface area contributed by atoms with Gasteiger partial charge in [-0.05, 0) is 49.9 Å². The molecule has 0 saturated carbocycles. The van der Waals surface area contributed by atoms with Gasteiger partial charge in [0.15, 0.2) is 0 Å². The molecule has 1 N–H and O–H groups in total. The Bertz CT molecular complexity index is 730. The standard InChI is InChI=1S/C16H20F3NO6S/c1-2-25-15(21)14(9-11-7-8-24-10-11)20-27(22,23)13-5-3-12(4-6-13)26-16(17,18)19/h3-6,11,14,20H,2,7-10H2,1H3/t11-,14-/m1/s1. The number of ether oxygens (including phenoxy) is 3. The lowest BCUT2D eigenvalue weighted by Gasteiger charge is -2.20. The summed E-state index contributed by atoms with van der Waals surface area (Å²) < 4.78 is 77.7. The number of esters is 1. The zero-order valence-electron chi connectivity index (χ0n) is 14.5. The van der Waals surface area contributed by atoms with E-state index in [0.29, 0.717) is 19.6 Å². The molecule has 1 aromatic carbocycles. The van der Waals surface area contributed by atoms with E-state index in [1.54, 1.807) is 6.92 Å². The molecule has 1 fully saturated rings. The fraction of sp³-hybridized carbons (Fsp3) is 0.562. The first-order valence-electron chi connectivity index (χ1n) is 8.23. The first-order chi connectivity index (χ1) is 12.6. The van der Waals surface area contributed by atoms with Crippen molar-refractivity contribution in [1.29, 1.82) is 0 Å². The molecule has 1 aromatic rings. The lowest BCUT2D eigenvalue weighted by atomic mass is 10.00. The molecule has 0 bridgehead atoms. The highest BCUT2D eigenvalue weighted by Crippen LogP contribution is 2.25. The number of sulfonamides is 1. The molecule has 1 aliphatic heterocycles. The van der Waals surface area contributed by atoms with Crippen LogP contribution in [0.4, 0.5) is 13.2 Å². The molecule has 0 radical (unpaired) electrons. The zero-order chi connectivity index (χ0) is 20.1. The maximum absolute atomic E-state index is 12.5. The van der Waals surface area contributed by atoms with Crippen molar-refractivity contribution in [1.82, 2.24) is 4.72 Å². The number of benzene rings is 1. The van der Waals surface area contributed by atoms with Gasteiger partial charge in [-0.1, -0.05) is 0 Å². The molecule has 152 valence electrons. The molecule has 0 aromatic heterocycles. The predicted molar refractivity (Wildman–Crippen MR) is 87.4 cm³/mol. The fourth-order valence-corrected chi connectivity index (χ4v) is 3.81. The van der Waals surface area contributed by atoms with E-state index < -0.39 is 34.1 Å². The second kappa shape index (κ2) is 8.89. The molecular weight excluding hydrogens is 391 g/mol. The zero-order valence-corrected chi connectivity index (χ0v) is 15.3. The Kier molecular flexibility index (Phi) is 7.06. The molecule has 11 heteroatoms. The number of alkyl halides is 3. The minimum absolute atomic E-state index is 0.00432. The molecule has 0 spiro atoms. The molecule has 2 rings (SSSR count). The third-order valence-corrected chi connectivity index (χ3v) is 5.32. The summed E-state index contributed by atoms with van der Waals surface area (Å²) in [5, 5.41) is 0. The average Bonchev–Trinajstić information content (AvgIpc) is 3.06. The van der Waals surface area contributed by atoms with Crippen molar-refractivity contribution in [2.75, 3.05) is 19.8 Å². The van der Waals surface area contributed by atoms with Crippen LogP contribution in [0.1, 0.15) is 19.8 Å².